The first kappa shape index (κ1) is 22.0. The Bertz CT molecular complexity index is 860. The Balaban J connectivity index is 1.41. The highest BCUT2D eigenvalue weighted by atomic mass is 16.5. The molecule has 0 bridgehead atoms. The second-order valence-corrected chi connectivity index (χ2v) is 7.91. The van der Waals surface area contributed by atoms with Crippen molar-refractivity contribution in [2.75, 3.05) is 38.1 Å². The van der Waals surface area contributed by atoms with Crippen LogP contribution in [0, 0.1) is 20.8 Å². The molecule has 0 aromatic heterocycles. The smallest absolute Gasteiger partial charge is 0.313 e. The van der Waals surface area contributed by atoms with Crippen molar-refractivity contribution in [3.8, 4) is 0 Å². The summed E-state index contributed by atoms with van der Waals surface area (Å²) in [7, 11) is 0. The Morgan fingerprint density at radius 2 is 1.77 bits per heavy atom. The van der Waals surface area contributed by atoms with E-state index in [1.807, 2.05) is 51.1 Å². The van der Waals surface area contributed by atoms with Gasteiger partial charge in [-0.1, -0.05) is 48.0 Å². The molecule has 6 nitrogen and oxygen atoms in total. The maximum absolute atomic E-state index is 12.2. The lowest BCUT2D eigenvalue weighted by molar-refractivity contribution is -0.136. The van der Waals surface area contributed by atoms with Crippen LogP contribution in [-0.2, 0) is 14.3 Å². The molecular weight excluding hydrogens is 378 g/mol. The molecule has 0 aliphatic carbocycles. The zero-order valence-electron chi connectivity index (χ0n) is 18.0. The molecular formula is C24H31N3O3. The minimum atomic E-state index is -0.624. The van der Waals surface area contributed by atoms with E-state index >= 15 is 0 Å². The van der Waals surface area contributed by atoms with Crippen molar-refractivity contribution in [1.29, 1.82) is 0 Å². The number of aryl methyl sites for hydroxylation is 3. The third-order valence-corrected chi connectivity index (χ3v) is 5.38. The van der Waals surface area contributed by atoms with Crippen LogP contribution in [0.25, 0.3) is 0 Å². The van der Waals surface area contributed by atoms with Gasteiger partial charge in [-0.25, -0.2) is 0 Å². The van der Waals surface area contributed by atoms with Gasteiger partial charge in [0.25, 0.3) is 0 Å². The van der Waals surface area contributed by atoms with Crippen LogP contribution in [0.4, 0.5) is 5.69 Å². The summed E-state index contributed by atoms with van der Waals surface area (Å²) in [6, 6.07) is 14.2. The van der Waals surface area contributed by atoms with Gasteiger partial charge in [-0.2, -0.15) is 0 Å². The summed E-state index contributed by atoms with van der Waals surface area (Å²) < 4.78 is 5.89. The van der Waals surface area contributed by atoms with Gasteiger partial charge in [0, 0.05) is 31.9 Å². The number of hydrogen-bond acceptors (Lipinski definition) is 4. The van der Waals surface area contributed by atoms with E-state index in [4.69, 9.17) is 4.74 Å². The molecule has 2 amide bonds. The van der Waals surface area contributed by atoms with E-state index in [0.29, 0.717) is 18.8 Å². The Morgan fingerprint density at radius 1 is 1.07 bits per heavy atom. The number of rotatable bonds is 6. The fourth-order valence-electron chi connectivity index (χ4n) is 3.91. The van der Waals surface area contributed by atoms with Gasteiger partial charge in [-0.3, -0.25) is 14.5 Å². The highest BCUT2D eigenvalue weighted by Gasteiger charge is 2.21. The molecule has 1 fully saturated rings. The van der Waals surface area contributed by atoms with Gasteiger partial charge in [-0.15, -0.1) is 0 Å². The highest BCUT2D eigenvalue weighted by Crippen LogP contribution is 2.22. The number of carbonyl (C=O) groups excluding carboxylic acids is 2. The Kier molecular flexibility index (Phi) is 7.60. The van der Waals surface area contributed by atoms with Crippen LogP contribution >= 0.6 is 0 Å². The van der Waals surface area contributed by atoms with Gasteiger partial charge < -0.3 is 15.4 Å². The number of anilines is 1. The number of morpholine rings is 1. The molecule has 1 atom stereocenters. The third kappa shape index (κ3) is 5.90. The fourth-order valence-corrected chi connectivity index (χ4v) is 3.91. The van der Waals surface area contributed by atoms with E-state index in [0.717, 1.165) is 42.7 Å². The number of ether oxygens (including phenoxy) is 1. The molecule has 1 aliphatic rings. The molecule has 0 radical (unpaired) electrons. The number of hydrogen-bond donors (Lipinski definition) is 2. The molecule has 2 N–H and O–H groups in total. The average Bonchev–Trinajstić information content (AvgIpc) is 2.74. The van der Waals surface area contributed by atoms with Crippen LogP contribution in [0.1, 0.15) is 34.8 Å². The highest BCUT2D eigenvalue weighted by molar-refractivity contribution is 6.39. The summed E-state index contributed by atoms with van der Waals surface area (Å²) in [5.41, 5.74) is 4.93. The molecule has 2 aromatic rings. The van der Waals surface area contributed by atoms with Gasteiger partial charge in [-0.05, 0) is 43.9 Å². The van der Waals surface area contributed by atoms with E-state index in [2.05, 4.69) is 27.7 Å². The summed E-state index contributed by atoms with van der Waals surface area (Å²) in [5.74, 6) is -1.22. The maximum atomic E-state index is 12.2. The molecule has 6 heteroatoms. The van der Waals surface area contributed by atoms with Gasteiger partial charge in [0.1, 0.15) is 0 Å². The SMILES string of the molecule is Cc1cc(C)c(NC(=O)C(=O)NCCCN2CCO[C@H](c3ccccc3)C2)c(C)c1. The molecule has 1 aliphatic heterocycles. The van der Waals surface area contributed by atoms with E-state index in [1.165, 1.54) is 5.56 Å². The van der Waals surface area contributed by atoms with Crippen LogP contribution in [-0.4, -0.2) is 49.5 Å². The summed E-state index contributed by atoms with van der Waals surface area (Å²) in [5, 5.41) is 5.47. The molecule has 1 saturated heterocycles. The number of amides is 2. The predicted octanol–water partition coefficient (Wildman–Crippen LogP) is 3.13. The first-order valence-electron chi connectivity index (χ1n) is 10.5. The van der Waals surface area contributed by atoms with E-state index in [9.17, 15) is 9.59 Å². The average molecular weight is 410 g/mol. The van der Waals surface area contributed by atoms with Crippen molar-refractivity contribution in [3.05, 3.63) is 64.7 Å². The van der Waals surface area contributed by atoms with Crippen LogP contribution in [0.5, 0.6) is 0 Å². The topological polar surface area (TPSA) is 70.7 Å². The molecule has 1 heterocycles. The first-order valence-corrected chi connectivity index (χ1v) is 10.5. The molecule has 2 aromatic carbocycles. The maximum Gasteiger partial charge on any atom is 0.313 e. The van der Waals surface area contributed by atoms with E-state index in [1.54, 1.807) is 0 Å². The normalized spacial score (nSPS) is 16.8. The predicted molar refractivity (Wildman–Crippen MR) is 118 cm³/mol. The second-order valence-electron chi connectivity index (χ2n) is 7.91. The second kappa shape index (κ2) is 10.4. The van der Waals surface area contributed by atoms with Crippen molar-refractivity contribution in [3.63, 3.8) is 0 Å². The third-order valence-electron chi connectivity index (χ3n) is 5.38. The molecule has 160 valence electrons. The van der Waals surface area contributed by atoms with Crippen LogP contribution in [0.15, 0.2) is 42.5 Å². The lowest BCUT2D eigenvalue weighted by atomic mass is 10.1. The van der Waals surface area contributed by atoms with Crippen molar-refractivity contribution in [2.24, 2.45) is 0 Å². The quantitative estimate of drug-likeness (QED) is 0.568. The van der Waals surface area contributed by atoms with Gasteiger partial charge in [0.2, 0.25) is 0 Å². The lowest BCUT2D eigenvalue weighted by Crippen LogP contribution is -2.41. The summed E-state index contributed by atoms with van der Waals surface area (Å²) in [6.45, 7) is 9.60. The lowest BCUT2D eigenvalue weighted by Gasteiger charge is -2.33. The minimum Gasteiger partial charge on any atom is -0.371 e. The first-order chi connectivity index (χ1) is 14.4. The van der Waals surface area contributed by atoms with Crippen molar-refractivity contribution in [2.45, 2.75) is 33.3 Å². The fraction of sp³-hybridized carbons (Fsp3) is 0.417. The molecule has 0 unspecified atom stereocenters. The summed E-state index contributed by atoms with van der Waals surface area (Å²) >= 11 is 0. The zero-order chi connectivity index (χ0) is 21.5. The van der Waals surface area contributed by atoms with Crippen molar-refractivity contribution < 1.29 is 14.3 Å². The van der Waals surface area contributed by atoms with E-state index < -0.39 is 11.8 Å². The van der Waals surface area contributed by atoms with Crippen LogP contribution < -0.4 is 10.6 Å². The molecule has 30 heavy (non-hydrogen) atoms. The summed E-state index contributed by atoms with van der Waals surface area (Å²) in [4.78, 5) is 26.8. The van der Waals surface area contributed by atoms with Crippen molar-refractivity contribution >= 4 is 17.5 Å². The number of carbonyl (C=O) groups is 2. The molecule has 0 saturated carbocycles. The van der Waals surface area contributed by atoms with Gasteiger partial charge >= 0.3 is 11.8 Å². The Morgan fingerprint density at radius 3 is 2.47 bits per heavy atom. The van der Waals surface area contributed by atoms with Gasteiger partial charge in [0.15, 0.2) is 0 Å². The van der Waals surface area contributed by atoms with Crippen LogP contribution in [0.2, 0.25) is 0 Å². The Hall–Kier alpha value is -2.70. The zero-order valence-corrected chi connectivity index (χ0v) is 18.0. The molecule has 3 rings (SSSR count). The number of benzene rings is 2. The molecule has 0 spiro atoms. The monoisotopic (exact) mass is 409 g/mol. The Labute approximate surface area is 178 Å². The number of nitrogens with zero attached hydrogens (tertiary/aromatic N) is 1. The largest absolute Gasteiger partial charge is 0.371 e. The van der Waals surface area contributed by atoms with E-state index in [-0.39, 0.29) is 6.10 Å². The van der Waals surface area contributed by atoms with Crippen LogP contribution in [0.3, 0.4) is 0 Å². The van der Waals surface area contributed by atoms with Crippen molar-refractivity contribution in [1.82, 2.24) is 10.2 Å². The van der Waals surface area contributed by atoms with Gasteiger partial charge in [0.05, 0.1) is 12.7 Å². The minimum absolute atomic E-state index is 0.0845. The summed E-state index contributed by atoms with van der Waals surface area (Å²) in [6.07, 6.45) is 0.865. The number of nitrogens with one attached hydrogen (secondary N) is 2. The standard InChI is InChI=1S/C24H31N3O3/c1-17-14-18(2)22(19(3)15-17)26-24(29)23(28)25-10-7-11-27-12-13-30-21(16-27)20-8-5-4-6-9-20/h4-6,8-9,14-15,21H,7,10-13,16H2,1-3H3,(H,25,28)(H,26,29)/t21-/m0/s1.